The van der Waals surface area contributed by atoms with Crippen LogP contribution in [0.3, 0.4) is 0 Å². The van der Waals surface area contributed by atoms with Crippen molar-refractivity contribution in [3.63, 3.8) is 0 Å². The maximum atomic E-state index is 13.0. The van der Waals surface area contributed by atoms with Crippen LogP contribution in [0.1, 0.15) is 44.3 Å². The average Bonchev–Trinajstić information content (AvgIpc) is 2.90. The smallest absolute Gasteiger partial charge is 0.242 e. The fraction of sp³-hybridized carbons (Fsp3) is 0.579. The van der Waals surface area contributed by atoms with Crippen molar-refractivity contribution in [3.8, 4) is 0 Å². The van der Waals surface area contributed by atoms with Gasteiger partial charge in [-0.1, -0.05) is 25.0 Å². The zero-order chi connectivity index (χ0) is 15.8. The Morgan fingerprint density at radius 1 is 1.17 bits per heavy atom. The average molecular weight is 311 g/mol. The van der Waals surface area contributed by atoms with Crippen LogP contribution in [0.2, 0.25) is 0 Å². The van der Waals surface area contributed by atoms with Crippen LogP contribution in [0.25, 0.3) is 11.0 Å². The largest absolute Gasteiger partial charge is 0.338 e. The van der Waals surface area contributed by atoms with E-state index in [2.05, 4.69) is 20.5 Å². The first-order chi connectivity index (χ1) is 11.2. The van der Waals surface area contributed by atoms with Gasteiger partial charge in [0.15, 0.2) is 0 Å². The van der Waals surface area contributed by atoms with Gasteiger partial charge in [-0.15, -0.1) is 0 Å². The van der Waals surface area contributed by atoms with E-state index in [0.29, 0.717) is 12.6 Å². The normalized spacial score (nSPS) is 24.7. The van der Waals surface area contributed by atoms with Gasteiger partial charge in [0, 0.05) is 12.6 Å². The highest BCUT2D eigenvalue weighted by molar-refractivity contribution is 5.81. The molecular formula is C19H25N3O. The molecule has 1 amide bonds. The van der Waals surface area contributed by atoms with Crippen LogP contribution in [-0.4, -0.2) is 32.9 Å². The molecule has 0 spiro atoms. The van der Waals surface area contributed by atoms with E-state index in [-0.39, 0.29) is 5.91 Å². The van der Waals surface area contributed by atoms with Crippen LogP contribution in [-0.2, 0) is 11.3 Å². The lowest BCUT2D eigenvalue weighted by Crippen LogP contribution is -2.50. The Hall–Kier alpha value is -1.84. The first-order valence-electron chi connectivity index (χ1n) is 8.95. The third-order valence-corrected chi connectivity index (χ3v) is 5.70. The number of piperidine rings is 1. The number of carbonyl (C=O) groups is 1. The van der Waals surface area contributed by atoms with Crippen molar-refractivity contribution in [2.24, 2.45) is 5.92 Å². The molecule has 1 aliphatic carbocycles. The molecular weight excluding hydrogens is 286 g/mol. The first kappa shape index (κ1) is 14.7. The lowest BCUT2D eigenvalue weighted by molar-refractivity contribution is -0.138. The van der Waals surface area contributed by atoms with Gasteiger partial charge in [0.1, 0.15) is 12.4 Å². The number of aryl methyl sites for hydroxylation is 1. The number of hydrogen-bond acceptors (Lipinski definition) is 2. The number of carbonyl (C=O) groups excluding carboxylic acids is 1. The van der Waals surface area contributed by atoms with Crippen LogP contribution in [0.4, 0.5) is 0 Å². The van der Waals surface area contributed by atoms with Gasteiger partial charge in [0.2, 0.25) is 5.91 Å². The second-order valence-corrected chi connectivity index (χ2v) is 7.08. The molecule has 0 unspecified atom stereocenters. The standard InChI is InChI=1S/C19H25N3O/c1-14-20-16-9-3-5-11-18(16)22(14)13-19(23)21-12-6-8-15-7-2-4-10-17(15)21/h3,5,9,11,15,17H,2,4,6-8,10,12-13H2,1H3/t15-,17-/m1/s1. The molecule has 2 fully saturated rings. The number of para-hydroxylation sites is 2. The number of rotatable bonds is 2. The van der Waals surface area contributed by atoms with Crippen LogP contribution >= 0.6 is 0 Å². The van der Waals surface area contributed by atoms with Gasteiger partial charge in [-0.05, 0) is 50.7 Å². The molecule has 1 saturated heterocycles. The summed E-state index contributed by atoms with van der Waals surface area (Å²) in [5.41, 5.74) is 2.04. The van der Waals surface area contributed by atoms with E-state index in [0.717, 1.165) is 35.7 Å². The summed E-state index contributed by atoms with van der Waals surface area (Å²) in [6.45, 7) is 3.36. The maximum absolute atomic E-state index is 13.0. The number of likely N-dealkylation sites (tertiary alicyclic amines) is 1. The Morgan fingerprint density at radius 2 is 1.96 bits per heavy atom. The van der Waals surface area contributed by atoms with Crippen LogP contribution in [0.5, 0.6) is 0 Å². The number of aromatic nitrogens is 2. The highest BCUT2D eigenvalue weighted by Crippen LogP contribution is 2.35. The molecule has 0 bridgehead atoms. The molecule has 4 heteroatoms. The molecule has 1 aromatic carbocycles. The molecule has 4 nitrogen and oxygen atoms in total. The van der Waals surface area contributed by atoms with E-state index in [1.165, 1.54) is 32.1 Å². The minimum Gasteiger partial charge on any atom is -0.338 e. The molecule has 0 radical (unpaired) electrons. The molecule has 122 valence electrons. The van der Waals surface area contributed by atoms with E-state index in [4.69, 9.17) is 0 Å². The summed E-state index contributed by atoms with van der Waals surface area (Å²) in [4.78, 5) is 19.8. The van der Waals surface area contributed by atoms with Gasteiger partial charge < -0.3 is 9.47 Å². The molecule has 4 rings (SSSR count). The van der Waals surface area contributed by atoms with E-state index in [1.807, 2.05) is 25.1 Å². The fourth-order valence-electron chi connectivity index (χ4n) is 4.56. The number of benzene rings is 1. The number of fused-ring (bicyclic) bond motifs is 2. The number of imidazole rings is 1. The summed E-state index contributed by atoms with van der Waals surface area (Å²) in [5, 5.41) is 0. The first-order valence-corrected chi connectivity index (χ1v) is 8.95. The molecule has 1 aromatic heterocycles. The summed E-state index contributed by atoms with van der Waals surface area (Å²) >= 11 is 0. The SMILES string of the molecule is Cc1nc2ccccc2n1CC(=O)N1CCC[C@H]2CCCC[C@H]21. The van der Waals surface area contributed by atoms with Crippen molar-refractivity contribution in [1.82, 2.24) is 14.5 Å². The molecule has 2 atom stereocenters. The van der Waals surface area contributed by atoms with E-state index in [1.54, 1.807) is 0 Å². The van der Waals surface area contributed by atoms with Crippen LogP contribution in [0, 0.1) is 12.8 Å². The molecule has 1 aliphatic heterocycles. The minimum absolute atomic E-state index is 0.271. The van der Waals surface area contributed by atoms with E-state index in [9.17, 15) is 4.79 Å². The summed E-state index contributed by atoms with van der Waals surface area (Å²) in [5.74, 6) is 1.94. The van der Waals surface area contributed by atoms with Crippen LogP contribution < -0.4 is 0 Å². The van der Waals surface area contributed by atoms with Gasteiger partial charge in [-0.2, -0.15) is 0 Å². The number of amides is 1. The lowest BCUT2D eigenvalue weighted by Gasteiger charge is -2.44. The van der Waals surface area contributed by atoms with Gasteiger partial charge in [-0.3, -0.25) is 4.79 Å². The summed E-state index contributed by atoms with van der Waals surface area (Å²) in [6.07, 6.45) is 7.59. The number of nitrogens with zero attached hydrogens (tertiary/aromatic N) is 3. The third kappa shape index (κ3) is 2.64. The van der Waals surface area contributed by atoms with Crippen molar-refractivity contribution in [1.29, 1.82) is 0 Å². The van der Waals surface area contributed by atoms with Gasteiger partial charge in [0.25, 0.3) is 0 Å². The summed E-state index contributed by atoms with van der Waals surface area (Å²) in [6, 6.07) is 8.57. The van der Waals surface area contributed by atoms with Gasteiger partial charge >= 0.3 is 0 Å². The van der Waals surface area contributed by atoms with E-state index < -0.39 is 0 Å². The van der Waals surface area contributed by atoms with Crippen molar-refractivity contribution in [3.05, 3.63) is 30.1 Å². The van der Waals surface area contributed by atoms with Crippen LogP contribution in [0.15, 0.2) is 24.3 Å². The Morgan fingerprint density at radius 3 is 2.87 bits per heavy atom. The monoisotopic (exact) mass is 311 g/mol. The molecule has 2 heterocycles. The van der Waals surface area contributed by atoms with Gasteiger partial charge in [-0.25, -0.2) is 4.98 Å². The maximum Gasteiger partial charge on any atom is 0.242 e. The topological polar surface area (TPSA) is 38.1 Å². The molecule has 23 heavy (non-hydrogen) atoms. The Bertz CT molecular complexity index is 718. The van der Waals surface area contributed by atoms with Gasteiger partial charge in [0.05, 0.1) is 11.0 Å². The predicted octanol–water partition coefficient (Wildman–Crippen LogP) is 3.53. The highest BCUT2D eigenvalue weighted by atomic mass is 16.2. The zero-order valence-corrected chi connectivity index (χ0v) is 13.9. The summed E-state index contributed by atoms with van der Waals surface area (Å²) in [7, 11) is 0. The second kappa shape index (κ2) is 5.99. The van der Waals surface area contributed by atoms with E-state index >= 15 is 0 Å². The molecule has 2 aliphatic rings. The predicted molar refractivity (Wildman–Crippen MR) is 91.2 cm³/mol. The zero-order valence-electron chi connectivity index (χ0n) is 13.9. The fourth-order valence-corrected chi connectivity index (χ4v) is 4.56. The van der Waals surface area contributed by atoms with Crippen molar-refractivity contribution in [2.45, 2.75) is 58.0 Å². The Balaban J connectivity index is 1.58. The third-order valence-electron chi connectivity index (χ3n) is 5.70. The molecule has 1 saturated carbocycles. The Labute approximate surface area is 137 Å². The highest BCUT2D eigenvalue weighted by Gasteiger charge is 2.35. The number of hydrogen-bond donors (Lipinski definition) is 0. The minimum atomic E-state index is 0.271. The van der Waals surface area contributed by atoms with Crippen molar-refractivity contribution < 1.29 is 4.79 Å². The van der Waals surface area contributed by atoms with Crippen molar-refractivity contribution in [2.75, 3.05) is 6.54 Å². The van der Waals surface area contributed by atoms with Crippen molar-refractivity contribution >= 4 is 16.9 Å². The summed E-state index contributed by atoms with van der Waals surface area (Å²) < 4.78 is 2.07. The quantitative estimate of drug-likeness (QED) is 0.851. The molecule has 2 aromatic rings. The second-order valence-electron chi connectivity index (χ2n) is 7.08. The molecule has 0 N–H and O–H groups in total. The Kier molecular flexibility index (Phi) is 3.83. The lowest BCUT2D eigenvalue weighted by atomic mass is 9.78.